The van der Waals surface area contributed by atoms with Crippen LogP contribution in [0.4, 0.5) is 0 Å². The fourth-order valence-electron chi connectivity index (χ4n) is 3.19. The van der Waals surface area contributed by atoms with Gasteiger partial charge < -0.3 is 14.2 Å². The summed E-state index contributed by atoms with van der Waals surface area (Å²) in [7, 11) is 0. The van der Waals surface area contributed by atoms with Gasteiger partial charge in [-0.2, -0.15) is 0 Å². The lowest BCUT2D eigenvalue weighted by Gasteiger charge is -2.36. The molecule has 0 radical (unpaired) electrons. The minimum Gasteiger partial charge on any atom is -0.497 e. The third kappa shape index (κ3) is 4.64. The lowest BCUT2D eigenvalue weighted by Crippen LogP contribution is -2.39. The number of hydrogen-bond donors (Lipinski definition) is 0. The van der Waals surface area contributed by atoms with E-state index in [1.165, 1.54) is 5.56 Å². The van der Waals surface area contributed by atoms with Gasteiger partial charge >= 0.3 is 0 Å². The highest BCUT2D eigenvalue weighted by molar-refractivity contribution is 5.23. The smallest absolute Gasteiger partial charge is 0.119 e. The van der Waals surface area contributed by atoms with Crippen LogP contribution in [0.25, 0.3) is 0 Å². The summed E-state index contributed by atoms with van der Waals surface area (Å²) in [5, 5.41) is 0. The minimum absolute atomic E-state index is 0.00242. The van der Waals surface area contributed by atoms with Crippen molar-refractivity contribution in [3.8, 4) is 5.75 Å². The molecule has 1 aliphatic heterocycles. The van der Waals surface area contributed by atoms with Crippen molar-refractivity contribution in [2.24, 2.45) is 5.92 Å². The van der Waals surface area contributed by atoms with Gasteiger partial charge in [-0.1, -0.05) is 62.4 Å². The van der Waals surface area contributed by atoms with Crippen LogP contribution < -0.4 is 4.74 Å². The van der Waals surface area contributed by atoms with Crippen LogP contribution in [0.1, 0.15) is 25.8 Å². The van der Waals surface area contributed by atoms with Crippen molar-refractivity contribution in [1.82, 2.24) is 0 Å². The van der Waals surface area contributed by atoms with Gasteiger partial charge in [-0.25, -0.2) is 0 Å². The second-order valence-electron chi connectivity index (χ2n) is 6.45. The molecule has 3 nitrogen and oxygen atoms in total. The summed E-state index contributed by atoms with van der Waals surface area (Å²) in [6.45, 7) is 5.41. The van der Waals surface area contributed by atoms with Crippen LogP contribution in [0, 0.1) is 5.92 Å². The second-order valence-corrected chi connectivity index (χ2v) is 6.45. The molecule has 0 bridgehead atoms. The first kappa shape index (κ1) is 17.6. The third-order valence-electron chi connectivity index (χ3n) is 4.65. The number of benzene rings is 2. The van der Waals surface area contributed by atoms with Gasteiger partial charge in [0, 0.05) is 11.5 Å². The van der Waals surface area contributed by atoms with Crippen molar-refractivity contribution < 1.29 is 14.2 Å². The molecule has 0 aromatic heterocycles. The van der Waals surface area contributed by atoms with Crippen LogP contribution in [-0.4, -0.2) is 18.8 Å². The Morgan fingerprint density at radius 1 is 0.920 bits per heavy atom. The zero-order chi connectivity index (χ0) is 17.5. The first-order valence-electron chi connectivity index (χ1n) is 8.95. The van der Waals surface area contributed by atoms with Gasteiger partial charge in [0.2, 0.25) is 0 Å². The Bertz CT molecular complexity index is 666. The van der Waals surface area contributed by atoms with Crippen LogP contribution >= 0.6 is 0 Å². The molecule has 0 spiro atoms. The van der Waals surface area contributed by atoms with E-state index in [4.69, 9.17) is 14.2 Å². The molecule has 3 rings (SSSR count). The van der Waals surface area contributed by atoms with Gasteiger partial charge in [0.15, 0.2) is 0 Å². The Labute approximate surface area is 150 Å². The van der Waals surface area contributed by atoms with E-state index < -0.39 is 0 Å². The van der Waals surface area contributed by atoms with E-state index in [0.29, 0.717) is 13.2 Å². The molecule has 0 saturated carbocycles. The summed E-state index contributed by atoms with van der Waals surface area (Å²) in [4.78, 5) is 0. The molecule has 1 heterocycles. The quantitative estimate of drug-likeness (QED) is 0.712. The Hall–Kier alpha value is -2.26. The van der Waals surface area contributed by atoms with Crippen molar-refractivity contribution in [2.45, 2.75) is 39.1 Å². The molecule has 0 saturated heterocycles. The van der Waals surface area contributed by atoms with Gasteiger partial charge in [0.05, 0.1) is 19.0 Å². The molecule has 1 aliphatic rings. The highest BCUT2D eigenvalue weighted by Crippen LogP contribution is 2.30. The molecule has 2 aromatic rings. The highest BCUT2D eigenvalue weighted by Gasteiger charge is 2.33. The zero-order valence-corrected chi connectivity index (χ0v) is 14.9. The Morgan fingerprint density at radius 3 is 2.28 bits per heavy atom. The molecular formula is C22H26O3. The van der Waals surface area contributed by atoms with Crippen LogP contribution in [0.5, 0.6) is 5.75 Å². The standard InChI is InChI=1S/C22H26O3/c1-3-21-17(2)22(25-14-18-10-6-4-7-11-18)19(16-24-21)15-23-20-12-8-5-9-13-20/h4-13,16-17,21-22H,3,14-15H2,1-2H3/t17-,21+,22-/m0/s1. The number of rotatable bonds is 7. The second kappa shape index (κ2) is 8.72. The number of hydrogen-bond acceptors (Lipinski definition) is 3. The molecule has 3 atom stereocenters. The molecule has 132 valence electrons. The van der Waals surface area contributed by atoms with E-state index in [1.807, 2.05) is 54.8 Å². The Morgan fingerprint density at radius 2 is 1.60 bits per heavy atom. The molecule has 0 unspecified atom stereocenters. The predicted octanol–water partition coefficient (Wildman–Crippen LogP) is 4.98. The van der Waals surface area contributed by atoms with Crippen LogP contribution in [0.3, 0.4) is 0 Å². The van der Waals surface area contributed by atoms with Crippen LogP contribution in [-0.2, 0) is 16.1 Å². The summed E-state index contributed by atoms with van der Waals surface area (Å²) in [5.41, 5.74) is 2.23. The molecule has 0 aliphatic carbocycles. The van der Waals surface area contributed by atoms with Crippen LogP contribution in [0.2, 0.25) is 0 Å². The molecule has 0 N–H and O–H groups in total. The molecule has 25 heavy (non-hydrogen) atoms. The largest absolute Gasteiger partial charge is 0.497 e. The van der Waals surface area contributed by atoms with Gasteiger partial charge in [-0.15, -0.1) is 0 Å². The maximum atomic E-state index is 6.29. The molecule has 3 heteroatoms. The van der Waals surface area contributed by atoms with E-state index in [-0.39, 0.29) is 18.1 Å². The topological polar surface area (TPSA) is 27.7 Å². The van der Waals surface area contributed by atoms with E-state index in [2.05, 4.69) is 26.0 Å². The average Bonchev–Trinajstić information content (AvgIpc) is 2.67. The number of ether oxygens (including phenoxy) is 3. The zero-order valence-electron chi connectivity index (χ0n) is 14.9. The summed E-state index contributed by atoms with van der Waals surface area (Å²) < 4.78 is 18.1. The summed E-state index contributed by atoms with van der Waals surface area (Å²) in [6, 6.07) is 20.1. The third-order valence-corrected chi connectivity index (χ3v) is 4.65. The van der Waals surface area contributed by atoms with E-state index >= 15 is 0 Å². The summed E-state index contributed by atoms with van der Waals surface area (Å²) in [5.74, 6) is 1.14. The molecule has 0 amide bonds. The fraction of sp³-hybridized carbons (Fsp3) is 0.364. The van der Waals surface area contributed by atoms with Crippen molar-refractivity contribution in [1.29, 1.82) is 0 Å². The number of para-hydroxylation sites is 1. The SMILES string of the molecule is CC[C@H]1OC=C(COc2ccccc2)[C@@H](OCc2ccccc2)[C@H]1C. The Kier molecular flexibility index (Phi) is 6.13. The minimum atomic E-state index is 0.00242. The lowest BCUT2D eigenvalue weighted by molar-refractivity contribution is -0.0487. The van der Waals surface area contributed by atoms with Gasteiger partial charge in [-0.05, 0) is 24.1 Å². The predicted molar refractivity (Wildman–Crippen MR) is 99.4 cm³/mol. The highest BCUT2D eigenvalue weighted by atomic mass is 16.5. The maximum Gasteiger partial charge on any atom is 0.119 e. The summed E-state index contributed by atoms with van der Waals surface area (Å²) >= 11 is 0. The van der Waals surface area contributed by atoms with Crippen molar-refractivity contribution in [2.75, 3.05) is 6.61 Å². The lowest BCUT2D eigenvalue weighted by atomic mass is 9.89. The van der Waals surface area contributed by atoms with Crippen molar-refractivity contribution in [3.05, 3.63) is 78.1 Å². The van der Waals surface area contributed by atoms with E-state index in [0.717, 1.165) is 17.7 Å². The normalized spacial score (nSPS) is 22.8. The van der Waals surface area contributed by atoms with Crippen molar-refractivity contribution >= 4 is 0 Å². The van der Waals surface area contributed by atoms with E-state index in [1.54, 1.807) is 0 Å². The fourth-order valence-corrected chi connectivity index (χ4v) is 3.19. The van der Waals surface area contributed by atoms with Crippen molar-refractivity contribution in [3.63, 3.8) is 0 Å². The molecular weight excluding hydrogens is 312 g/mol. The monoisotopic (exact) mass is 338 g/mol. The summed E-state index contributed by atoms with van der Waals surface area (Å²) in [6.07, 6.45) is 2.99. The maximum absolute atomic E-state index is 6.29. The van der Waals surface area contributed by atoms with Crippen LogP contribution in [0.15, 0.2) is 72.5 Å². The van der Waals surface area contributed by atoms with Gasteiger partial charge in [-0.3, -0.25) is 0 Å². The van der Waals surface area contributed by atoms with E-state index in [9.17, 15) is 0 Å². The van der Waals surface area contributed by atoms with Gasteiger partial charge in [0.25, 0.3) is 0 Å². The Balaban J connectivity index is 1.67. The molecule has 2 aromatic carbocycles. The molecule has 0 fully saturated rings. The first-order valence-corrected chi connectivity index (χ1v) is 8.95. The van der Waals surface area contributed by atoms with Gasteiger partial charge in [0.1, 0.15) is 18.5 Å². The average molecular weight is 338 g/mol. The first-order chi connectivity index (χ1) is 12.3.